The maximum atomic E-state index is 10.2. The van der Waals surface area contributed by atoms with E-state index in [9.17, 15) is 5.11 Å². The van der Waals surface area contributed by atoms with E-state index in [1.807, 2.05) is 37.3 Å². The topological polar surface area (TPSA) is 60.8 Å². The van der Waals surface area contributed by atoms with E-state index in [0.717, 1.165) is 60.4 Å². The second-order valence-corrected chi connectivity index (χ2v) is 7.72. The highest BCUT2D eigenvalue weighted by atomic mass is 16.5. The average molecular weight is 392 g/mol. The minimum absolute atomic E-state index is 0.162. The number of benzene rings is 2. The zero-order valence-corrected chi connectivity index (χ0v) is 17.0. The normalized spacial score (nSPS) is 15.5. The van der Waals surface area contributed by atoms with Crippen LogP contribution in [0.4, 0.5) is 5.69 Å². The summed E-state index contributed by atoms with van der Waals surface area (Å²) in [6, 6.07) is 14.4. The van der Waals surface area contributed by atoms with E-state index in [1.165, 1.54) is 24.9 Å². The van der Waals surface area contributed by atoms with Crippen molar-refractivity contribution in [3.05, 3.63) is 59.2 Å². The number of nitrogens with zero attached hydrogens (tertiary/aromatic N) is 2. The van der Waals surface area contributed by atoms with Crippen molar-refractivity contribution < 1.29 is 9.84 Å². The van der Waals surface area contributed by atoms with Crippen LogP contribution in [-0.2, 0) is 11.2 Å². The molecule has 29 heavy (non-hydrogen) atoms. The predicted octanol–water partition coefficient (Wildman–Crippen LogP) is 4.59. The van der Waals surface area contributed by atoms with E-state index in [0.29, 0.717) is 0 Å². The molecule has 5 heteroatoms. The van der Waals surface area contributed by atoms with Crippen molar-refractivity contribution in [1.82, 2.24) is 9.88 Å². The number of H-pyrrole nitrogens is 1. The quantitative estimate of drug-likeness (QED) is 0.457. The van der Waals surface area contributed by atoms with Gasteiger partial charge in [-0.25, -0.2) is 0 Å². The fraction of sp³-hybridized carbons (Fsp3) is 0.375. The highest BCUT2D eigenvalue weighted by molar-refractivity contribution is 6.04. The highest BCUT2D eigenvalue weighted by Crippen LogP contribution is 2.28. The molecule has 0 bridgehead atoms. The number of hydrogen-bond donors (Lipinski definition) is 2. The minimum Gasteiger partial charge on any atom is -0.494 e. The van der Waals surface area contributed by atoms with Crippen LogP contribution in [-0.4, -0.2) is 54.1 Å². The van der Waals surface area contributed by atoms with Crippen LogP contribution >= 0.6 is 0 Å². The van der Waals surface area contributed by atoms with Gasteiger partial charge in [-0.15, -0.1) is 0 Å². The average Bonchev–Trinajstić information content (AvgIpc) is 3.07. The molecule has 0 radical (unpaired) electrons. The number of aromatic hydroxyl groups is 1. The summed E-state index contributed by atoms with van der Waals surface area (Å²) < 4.78 is 5.39. The Balaban J connectivity index is 1.33. The molecular formula is C24H29N3O2. The van der Waals surface area contributed by atoms with Gasteiger partial charge in [-0.1, -0.05) is 24.3 Å². The van der Waals surface area contributed by atoms with Crippen molar-refractivity contribution in [2.24, 2.45) is 4.99 Å². The van der Waals surface area contributed by atoms with Crippen molar-refractivity contribution in [1.29, 1.82) is 0 Å². The minimum atomic E-state index is 0.162. The molecule has 1 fully saturated rings. The molecule has 0 spiro atoms. The Kier molecular flexibility index (Phi) is 6.27. The molecule has 1 aliphatic rings. The molecule has 152 valence electrons. The molecule has 2 aromatic carbocycles. The molecule has 5 nitrogen and oxygen atoms in total. The zero-order chi connectivity index (χ0) is 20.1. The molecule has 0 atom stereocenters. The van der Waals surface area contributed by atoms with E-state index in [2.05, 4.69) is 27.0 Å². The van der Waals surface area contributed by atoms with Crippen LogP contribution in [0.5, 0.6) is 5.88 Å². The number of rotatable bonds is 7. The molecule has 1 saturated heterocycles. The fourth-order valence-corrected chi connectivity index (χ4v) is 3.95. The van der Waals surface area contributed by atoms with Crippen molar-refractivity contribution in [3.8, 4) is 5.88 Å². The molecule has 4 rings (SSSR count). The van der Waals surface area contributed by atoms with Gasteiger partial charge in [-0.3, -0.25) is 9.89 Å². The lowest BCUT2D eigenvalue weighted by Crippen LogP contribution is -2.36. The number of hydrogen-bond acceptors (Lipinski definition) is 4. The summed E-state index contributed by atoms with van der Waals surface area (Å²) in [5, 5.41) is 11.3. The first-order valence-corrected chi connectivity index (χ1v) is 10.4. The molecule has 2 N–H and O–H groups in total. The largest absolute Gasteiger partial charge is 0.494 e. The summed E-state index contributed by atoms with van der Waals surface area (Å²) in [5.41, 5.74) is 5.02. The van der Waals surface area contributed by atoms with Crippen LogP contribution in [0.2, 0.25) is 0 Å². The Bertz CT molecular complexity index is 970. The zero-order valence-electron chi connectivity index (χ0n) is 17.0. The van der Waals surface area contributed by atoms with Gasteiger partial charge in [0.1, 0.15) is 0 Å². The maximum absolute atomic E-state index is 10.2. The summed E-state index contributed by atoms with van der Waals surface area (Å²) >= 11 is 0. The first kappa shape index (κ1) is 19.7. The summed E-state index contributed by atoms with van der Waals surface area (Å²) in [7, 11) is 0. The predicted molar refractivity (Wildman–Crippen MR) is 119 cm³/mol. The van der Waals surface area contributed by atoms with E-state index in [4.69, 9.17) is 4.74 Å². The number of aromatic amines is 1. The summed E-state index contributed by atoms with van der Waals surface area (Å²) in [4.78, 5) is 10.1. The van der Waals surface area contributed by atoms with Gasteiger partial charge in [0, 0.05) is 30.2 Å². The number of ether oxygens (including phenoxy) is 1. The number of morpholine rings is 1. The number of fused-ring (bicyclic) bond motifs is 1. The molecule has 0 aliphatic carbocycles. The van der Waals surface area contributed by atoms with Gasteiger partial charge in [-0.2, -0.15) is 0 Å². The third-order valence-electron chi connectivity index (χ3n) is 5.62. The molecule has 0 amide bonds. The molecule has 0 unspecified atom stereocenters. The second kappa shape index (κ2) is 9.25. The van der Waals surface area contributed by atoms with Gasteiger partial charge < -0.3 is 14.8 Å². The van der Waals surface area contributed by atoms with Crippen LogP contribution in [0.1, 0.15) is 29.5 Å². The second-order valence-electron chi connectivity index (χ2n) is 7.72. The molecule has 1 aromatic heterocycles. The van der Waals surface area contributed by atoms with Crippen LogP contribution in [0.25, 0.3) is 10.9 Å². The van der Waals surface area contributed by atoms with E-state index in [1.54, 1.807) is 6.21 Å². The standard InChI is InChI=1S/C24H29N3O2/c1-18-5-4-7-22-23(18)21(24(28)26-22)17-25-20-10-8-19(9-11-20)6-2-3-12-27-13-15-29-16-14-27/h4-5,7-11,17,26,28H,2-3,6,12-16H2,1H3. The lowest BCUT2D eigenvalue weighted by atomic mass is 10.1. The Labute approximate surface area is 172 Å². The Morgan fingerprint density at radius 2 is 1.90 bits per heavy atom. The molecular weight excluding hydrogens is 362 g/mol. The van der Waals surface area contributed by atoms with Crippen molar-refractivity contribution in [2.75, 3.05) is 32.8 Å². The number of unbranched alkanes of at least 4 members (excludes halogenated alkanes) is 1. The van der Waals surface area contributed by atoms with Gasteiger partial charge in [0.25, 0.3) is 0 Å². The van der Waals surface area contributed by atoms with Gasteiger partial charge in [0.15, 0.2) is 5.88 Å². The summed E-state index contributed by atoms with van der Waals surface area (Å²) in [5.74, 6) is 0.162. The third kappa shape index (κ3) is 4.86. The number of nitrogens with one attached hydrogen (secondary N) is 1. The molecule has 2 heterocycles. The maximum Gasteiger partial charge on any atom is 0.198 e. The first-order chi connectivity index (χ1) is 14.2. The van der Waals surface area contributed by atoms with E-state index >= 15 is 0 Å². The SMILES string of the molecule is Cc1cccc2[nH]c(O)c(C=Nc3ccc(CCCCN4CCOCC4)cc3)c12. The van der Waals surface area contributed by atoms with Crippen molar-refractivity contribution in [2.45, 2.75) is 26.2 Å². The number of aliphatic imine (C=N–C) groups is 1. The third-order valence-corrected chi connectivity index (χ3v) is 5.62. The Morgan fingerprint density at radius 1 is 1.10 bits per heavy atom. The van der Waals surface area contributed by atoms with Gasteiger partial charge in [-0.05, 0) is 62.1 Å². The number of aryl methyl sites for hydroxylation is 2. The van der Waals surface area contributed by atoms with Gasteiger partial charge in [0.05, 0.1) is 24.5 Å². The van der Waals surface area contributed by atoms with Gasteiger partial charge >= 0.3 is 0 Å². The summed E-state index contributed by atoms with van der Waals surface area (Å²) in [6.07, 6.45) is 5.26. The highest BCUT2D eigenvalue weighted by Gasteiger charge is 2.11. The Hall–Kier alpha value is -2.63. The van der Waals surface area contributed by atoms with Crippen molar-refractivity contribution >= 4 is 22.8 Å². The number of aromatic nitrogens is 1. The van der Waals surface area contributed by atoms with Gasteiger partial charge in [0.2, 0.25) is 0 Å². The van der Waals surface area contributed by atoms with E-state index < -0.39 is 0 Å². The van der Waals surface area contributed by atoms with Crippen LogP contribution in [0.3, 0.4) is 0 Å². The lowest BCUT2D eigenvalue weighted by molar-refractivity contribution is 0.0372. The van der Waals surface area contributed by atoms with Crippen LogP contribution < -0.4 is 0 Å². The van der Waals surface area contributed by atoms with E-state index in [-0.39, 0.29) is 5.88 Å². The van der Waals surface area contributed by atoms with Crippen molar-refractivity contribution in [3.63, 3.8) is 0 Å². The smallest absolute Gasteiger partial charge is 0.198 e. The monoisotopic (exact) mass is 391 g/mol. The fourth-order valence-electron chi connectivity index (χ4n) is 3.95. The van der Waals surface area contributed by atoms with Crippen LogP contribution in [0.15, 0.2) is 47.5 Å². The molecule has 0 saturated carbocycles. The summed E-state index contributed by atoms with van der Waals surface area (Å²) in [6.45, 7) is 7.09. The molecule has 3 aromatic rings. The first-order valence-electron chi connectivity index (χ1n) is 10.4. The Morgan fingerprint density at radius 3 is 2.69 bits per heavy atom. The molecule has 1 aliphatic heterocycles. The lowest BCUT2D eigenvalue weighted by Gasteiger charge is -2.26. The van der Waals surface area contributed by atoms with Crippen LogP contribution in [0, 0.1) is 6.92 Å².